The molecular formula is C49H87N23O14S2. The van der Waals surface area contributed by atoms with Gasteiger partial charge in [0.2, 0.25) is 65.0 Å². The first kappa shape index (κ1) is 77.3. The van der Waals surface area contributed by atoms with E-state index in [0.29, 0.717) is 5.69 Å². The second kappa shape index (κ2) is 40.6. The van der Waals surface area contributed by atoms with E-state index in [1.807, 2.05) is 0 Å². The molecule has 37 nitrogen and oxygen atoms in total. The van der Waals surface area contributed by atoms with Crippen LogP contribution in [0.15, 0.2) is 27.5 Å². The molecule has 0 unspecified atom stereocenters. The van der Waals surface area contributed by atoms with Gasteiger partial charge < -0.3 is 115 Å². The van der Waals surface area contributed by atoms with Crippen LogP contribution in [0.25, 0.3) is 0 Å². The number of nitrogens with zero attached hydrogens (tertiary/aromatic N) is 4. The number of aromatic amines is 1. The Hall–Kier alpha value is -8.72. The summed E-state index contributed by atoms with van der Waals surface area (Å²) in [6.07, 6.45) is -1.08. The van der Waals surface area contributed by atoms with Crippen LogP contribution in [0.4, 0.5) is 0 Å². The molecule has 11 atom stereocenters. The third kappa shape index (κ3) is 30.6. The van der Waals surface area contributed by atoms with E-state index in [-0.39, 0.29) is 100 Å². The van der Waals surface area contributed by atoms with Crippen LogP contribution in [0.2, 0.25) is 0 Å². The Balaban J connectivity index is 3.59. The second-order valence-electron chi connectivity index (χ2n) is 20.3. The number of aliphatic imine (C=N–C) groups is 3. The molecule has 0 saturated heterocycles. The van der Waals surface area contributed by atoms with Gasteiger partial charge in [0.1, 0.15) is 54.4 Å². The van der Waals surface area contributed by atoms with Gasteiger partial charge in [0, 0.05) is 62.3 Å². The van der Waals surface area contributed by atoms with Crippen molar-refractivity contribution in [2.45, 2.75) is 158 Å². The lowest BCUT2D eigenvalue weighted by molar-refractivity contribution is -0.141. The zero-order valence-electron chi connectivity index (χ0n) is 49.1. The zero-order chi connectivity index (χ0) is 66.8. The molecule has 0 bridgehead atoms. The zero-order valence-corrected chi connectivity index (χ0v) is 50.9. The third-order valence-electron chi connectivity index (χ3n) is 12.6. The predicted octanol–water partition coefficient (Wildman–Crippen LogP) is -9.68. The summed E-state index contributed by atoms with van der Waals surface area (Å²) in [7, 11) is 0. The number of carboxylic acid groups (broad SMARTS) is 1. The van der Waals surface area contributed by atoms with E-state index in [2.05, 4.69) is 98.1 Å². The van der Waals surface area contributed by atoms with E-state index in [1.54, 1.807) is 0 Å². The van der Waals surface area contributed by atoms with Crippen molar-refractivity contribution in [3.05, 3.63) is 18.2 Å². The number of amides is 11. The molecule has 39 heteroatoms. The standard InChI is InChI=1S/C49H87N23O14S2/c1-22(2)35(71-40(79)27(9-6-16-62-49(57)58)66-45(84)36(23(3)73)72-41(80)29(11-13-34(52)75)64-37(76)25(50)7-4-14-60-47(53)54)44(83)67-28(10-12-33(51)74)39(78)65-26(8-5-15-61-48(55)56)38(77)69-31(19-87)43(82)68-30(17-24-18-59-21-63-24)42(81)70-32(20-88)46(85)86/h18,21-23,25-32,35-36,73,87-88H,4-17,19-20,50H2,1-3H3,(H2,51,74)(H2,52,75)(H,59,63)(H,64,76)(H,65,78)(H,66,84)(H,67,83)(H,68,82)(H,69,77)(H,70,81)(H,71,79)(H,72,80)(H,85,86)(H4,53,54,60)(H4,55,56,61)(H4,57,58,62)/t23-,25+,26+,27+,28+,29+,30+,31+,32+,35+,36+/m1/s1. The number of hydrogen-bond donors (Lipinski definition) is 23. The summed E-state index contributed by atoms with van der Waals surface area (Å²) < 4.78 is 0. The molecule has 0 aliphatic heterocycles. The van der Waals surface area contributed by atoms with Crippen molar-refractivity contribution < 1.29 is 67.7 Å². The number of hydrogen-bond acceptors (Lipinski definition) is 20. The number of primary amides is 2. The molecule has 0 aliphatic rings. The molecule has 30 N–H and O–H groups in total. The van der Waals surface area contributed by atoms with Gasteiger partial charge in [-0.3, -0.25) is 67.7 Å². The quantitative estimate of drug-likeness (QED) is 0.0125. The van der Waals surface area contributed by atoms with Gasteiger partial charge in [-0.15, -0.1) is 0 Å². The molecular weight excluding hydrogens is 1200 g/mol. The van der Waals surface area contributed by atoms with Gasteiger partial charge in [-0.2, -0.15) is 25.3 Å². The molecule has 0 fully saturated rings. The van der Waals surface area contributed by atoms with Crippen LogP contribution in [0.1, 0.15) is 90.7 Å². The number of aromatic nitrogens is 2. The summed E-state index contributed by atoms with van der Waals surface area (Å²) in [5.41, 5.74) is 49.7. The average Bonchev–Trinajstić information content (AvgIpc) is 4.11. The number of rotatable bonds is 43. The number of aliphatic hydroxyl groups excluding tert-OH is 1. The van der Waals surface area contributed by atoms with Gasteiger partial charge in [-0.1, -0.05) is 13.8 Å². The minimum absolute atomic E-state index is 0.0127. The van der Waals surface area contributed by atoms with Crippen molar-refractivity contribution in [3.8, 4) is 0 Å². The summed E-state index contributed by atoms with van der Waals surface area (Å²) in [6.45, 7) is 4.14. The van der Waals surface area contributed by atoms with Crippen LogP contribution in [-0.4, -0.2) is 207 Å². The maximum atomic E-state index is 14.3. The maximum absolute atomic E-state index is 14.3. The molecule has 0 radical (unpaired) electrons. The molecule has 88 heavy (non-hydrogen) atoms. The first-order valence-electron chi connectivity index (χ1n) is 27.6. The highest BCUT2D eigenvalue weighted by molar-refractivity contribution is 7.80. The van der Waals surface area contributed by atoms with Crippen molar-refractivity contribution in [3.63, 3.8) is 0 Å². The van der Waals surface area contributed by atoms with Crippen LogP contribution >= 0.6 is 25.3 Å². The monoisotopic (exact) mass is 1290 g/mol. The minimum Gasteiger partial charge on any atom is -0.480 e. The molecule has 1 heterocycles. The summed E-state index contributed by atoms with van der Waals surface area (Å²) in [6, 6.07) is -15.3. The van der Waals surface area contributed by atoms with Crippen molar-refractivity contribution >= 4 is 114 Å². The molecule has 11 amide bonds. The van der Waals surface area contributed by atoms with E-state index in [0.717, 1.165) is 6.92 Å². The van der Waals surface area contributed by atoms with E-state index in [9.17, 15) is 67.7 Å². The fourth-order valence-electron chi connectivity index (χ4n) is 7.85. The number of imidazole rings is 1. The number of carbonyl (C=O) groups is 12. The van der Waals surface area contributed by atoms with Gasteiger partial charge in [0.15, 0.2) is 17.9 Å². The second-order valence-corrected chi connectivity index (χ2v) is 21.1. The Bertz CT molecular complexity index is 2600. The number of guanidine groups is 3. The molecule has 0 aliphatic carbocycles. The Morgan fingerprint density at radius 3 is 1.24 bits per heavy atom. The summed E-state index contributed by atoms with van der Waals surface area (Å²) in [4.78, 5) is 179. The maximum Gasteiger partial charge on any atom is 0.327 e. The van der Waals surface area contributed by atoms with E-state index in [4.69, 9.17) is 51.6 Å². The van der Waals surface area contributed by atoms with Gasteiger partial charge in [0.05, 0.1) is 18.5 Å². The van der Waals surface area contributed by atoms with Gasteiger partial charge in [-0.05, 0) is 64.2 Å². The van der Waals surface area contributed by atoms with E-state index < -0.39 is 163 Å². The lowest BCUT2D eigenvalue weighted by atomic mass is 10.0. The Morgan fingerprint density at radius 2 is 0.841 bits per heavy atom. The van der Waals surface area contributed by atoms with Crippen molar-refractivity contribution in [2.75, 3.05) is 31.1 Å². The fourth-order valence-corrected chi connectivity index (χ4v) is 8.35. The number of carboxylic acids is 1. The molecule has 0 spiro atoms. The van der Waals surface area contributed by atoms with Crippen LogP contribution in [-0.2, 0) is 64.0 Å². The first-order valence-corrected chi connectivity index (χ1v) is 28.9. The predicted molar refractivity (Wildman–Crippen MR) is 326 cm³/mol. The van der Waals surface area contributed by atoms with Crippen molar-refractivity contribution in [2.24, 2.45) is 72.5 Å². The van der Waals surface area contributed by atoms with Crippen LogP contribution < -0.4 is 99.5 Å². The number of thiol groups is 2. The minimum atomic E-state index is -1.84. The average molecular weight is 1290 g/mol. The lowest BCUT2D eigenvalue weighted by Crippen LogP contribution is -2.62. The third-order valence-corrected chi connectivity index (χ3v) is 13.4. The summed E-state index contributed by atoms with van der Waals surface area (Å²) >= 11 is 8.18. The molecule has 1 rings (SSSR count). The Kier molecular flexibility index (Phi) is 35.7. The largest absolute Gasteiger partial charge is 0.480 e. The molecule has 494 valence electrons. The Labute approximate surface area is 517 Å². The number of aliphatic hydroxyl groups is 1. The number of aliphatic carboxylic acids is 1. The van der Waals surface area contributed by atoms with Crippen molar-refractivity contribution in [1.29, 1.82) is 0 Å². The molecule has 0 saturated carbocycles. The van der Waals surface area contributed by atoms with E-state index >= 15 is 0 Å². The lowest BCUT2D eigenvalue weighted by Gasteiger charge is -2.29. The van der Waals surface area contributed by atoms with Crippen LogP contribution in [0.5, 0.6) is 0 Å². The first-order chi connectivity index (χ1) is 41.3. The fraction of sp³-hybridized carbons (Fsp3) is 0.633. The van der Waals surface area contributed by atoms with E-state index in [1.165, 1.54) is 26.4 Å². The molecule has 0 aromatic carbocycles. The van der Waals surface area contributed by atoms with Gasteiger partial charge in [0.25, 0.3) is 0 Å². The number of nitrogens with two attached hydrogens (primary N) is 9. The Morgan fingerprint density at radius 1 is 0.489 bits per heavy atom. The van der Waals surface area contributed by atoms with Crippen LogP contribution in [0.3, 0.4) is 0 Å². The van der Waals surface area contributed by atoms with Gasteiger partial charge in [-0.25, -0.2) is 9.78 Å². The van der Waals surface area contributed by atoms with Crippen molar-refractivity contribution in [1.82, 2.24) is 57.8 Å². The summed E-state index contributed by atoms with van der Waals surface area (Å²) in [5, 5.41) is 42.2. The highest BCUT2D eigenvalue weighted by atomic mass is 32.1. The van der Waals surface area contributed by atoms with Crippen LogP contribution in [0, 0.1) is 5.92 Å². The molecule has 1 aromatic heterocycles. The SMILES string of the molecule is CC(C)[C@H](NC(=O)[C@H](CCCN=C(N)N)NC(=O)[C@@H](NC(=O)[C@H](CCC(N)=O)NC(=O)[C@@H](N)CCCN=C(N)N)[C@@H](C)O)C(=O)N[C@@H](CCC(N)=O)C(=O)N[C@@H](CCCN=C(N)N)C(=O)N[C@@H](CS)C(=O)N[C@@H](Cc1cnc[nH]1)C(=O)N[C@@H](CS)C(=O)O. The molecule has 1 aromatic rings. The normalized spacial score (nSPS) is 14.7. The summed E-state index contributed by atoms with van der Waals surface area (Å²) in [5.74, 6) is -14.5. The smallest absolute Gasteiger partial charge is 0.327 e. The van der Waals surface area contributed by atoms with Gasteiger partial charge >= 0.3 is 5.97 Å². The topological polar surface area (TPSA) is 654 Å². The number of carbonyl (C=O) groups excluding carboxylic acids is 11. The highest BCUT2D eigenvalue weighted by Gasteiger charge is 2.37. The number of nitrogens with one attached hydrogen (secondary N) is 10. The number of H-pyrrole nitrogens is 1. The highest BCUT2D eigenvalue weighted by Crippen LogP contribution is 2.11.